The smallest absolute Gasteiger partial charge is 0.407 e. The number of benzene rings is 2. The Bertz CT molecular complexity index is 3290. The number of aromatic nitrogens is 4. The predicted octanol–water partition coefficient (Wildman–Crippen LogP) is 7.34. The first kappa shape index (κ1) is 74.9. The first-order valence-electron chi connectivity index (χ1n) is 32.9. The van der Waals surface area contributed by atoms with Gasteiger partial charge in [0.25, 0.3) is 5.91 Å². The molecule has 0 radical (unpaired) electrons. The van der Waals surface area contributed by atoms with Crippen LogP contribution in [0.4, 0.5) is 9.18 Å². The Hall–Kier alpha value is -9.09. The zero-order chi connectivity index (χ0) is 69.2. The number of ether oxygens (including phenoxy) is 3. The average Bonchev–Trinajstić information content (AvgIpc) is 0.974. The van der Waals surface area contributed by atoms with Crippen molar-refractivity contribution in [2.75, 3.05) is 20.6 Å². The molecular weight excluding hydrogens is 1220 g/mol. The molecule has 2 aromatic carbocycles. The number of aryl methyl sites for hydroxylation is 1. The molecule has 1 saturated carbocycles. The standard InChI is InChI=1S/C71H96FN11O12/c1-11-13-29-54(61(84)79-57(42-51-27-18-19-28-53(51)72)63(86)78-55(30-14-12-2)65(88)82(10)59(68(91)94-70(3,4)5)40-49-26-21-33-74-44-49)77-62(85)56(39-48-25-20-32-73-43-48)80-64(87)58(31-22-35-83-36-34-75-46-83)81(9)66(89)60(41-47-23-16-15-17-24-47)93-67(90)52-37-50(38-52)45-76-69(92)95-71(6,7)8/h15-21,23-28,32-34,36,43-44,46,50,52,54-60H,11-14,22,29-31,35,37-42,45H2,1-10H3,(H,76,92)(H,77,85)(H,78,86)(H,79,84)(H,80,87)/t50?,52?,54-,55-,56-,57-,58-,59-,60-/m0/s1. The van der Waals surface area contributed by atoms with Gasteiger partial charge in [-0.1, -0.05) is 100 Å². The topological polar surface area (TPSA) is 292 Å². The van der Waals surface area contributed by atoms with Crippen LogP contribution >= 0.6 is 0 Å². The van der Waals surface area contributed by atoms with Crippen LogP contribution in [-0.4, -0.2) is 157 Å². The lowest BCUT2D eigenvalue weighted by Crippen LogP contribution is -2.60. The molecule has 0 unspecified atom stereocenters. The fraction of sp³-hybridized carbons (Fsp3) is 0.521. The zero-order valence-electron chi connectivity index (χ0n) is 56.5. The van der Waals surface area contributed by atoms with Gasteiger partial charge in [0, 0.05) is 90.0 Å². The molecular formula is C71H96FN11O12. The number of hydrogen-bond acceptors (Lipinski definition) is 15. The van der Waals surface area contributed by atoms with E-state index in [1.807, 2.05) is 24.5 Å². The molecule has 95 heavy (non-hydrogen) atoms. The molecule has 0 saturated heterocycles. The summed E-state index contributed by atoms with van der Waals surface area (Å²) in [6, 6.07) is 13.7. The SMILES string of the molecule is CCCC[C@H](NC(=O)[C@H](Cc1cccnc1)NC(=O)[C@H](CCCn1ccnc1)N(C)C(=O)[C@H](Cc1ccccc1)OC(=O)C1CC(CNC(=O)OC(C)(C)C)C1)C(=O)N[C@@H](Cc1ccccc1F)C(=O)N[C@@H](CCCC)C(=O)N(C)[C@@H](Cc1cccnc1)C(=O)OC(C)(C)C. The Morgan fingerprint density at radius 2 is 1.13 bits per heavy atom. The summed E-state index contributed by atoms with van der Waals surface area (Å²) in [5.74, 6) is -7.01. The maximum absolute atomic E-state index is 15.6. The van der Waals surface area contributed by atoms with Gasteiger partial charge in [-0.2, -0.15) is 0 Å². The van der Waals surface area contributed by atoms with Crippen LogP contribution in [0.5, 0.6) is 0 Å². The van der Waals surface area contributed by atoms with Gasteiger partial charge in [0.1, 0.15) is 53.3 Å². The van der Waals surface area contributed by atoms with Crippen molar-refractivity contribution in [2.45, 2.75) is 205 Å². The third kappa shape index (κ3) is 24.6. The van der Waals surface area contributed by atoms with Crippen LogP contribution in [0.2, 0.25) is 0 Å². The molecule has 7 atom stereocenters. The van der Waals surface area contributed by atoms with Gasteiger partial charge in [0.2, 0.25) is 29.5 Å². The number of hydrogen-bond donors (Lipinski definition) is 5. The summed E-state index contributed by atoms with van der Waals surface area (Å²) in [5.41, 5.74) is 0.351. The van der Waals surface area contributed by atoms with E-state index in [9.17, 15) is 28.8 Å². The van der Waals surface area contributed by atoms with Crippen molar-refractivity contribution in [1.29, 1.82) is 0 Å². The lowest BCUT2D eigenvalue weighted by atomic mass is 9.75. The summed E-state index contributed by atoms with van der Waals surface area (Å²) in [6.07, 6.45) is 12.3. The predicted molar refractivity (Wildman–Crippen MR) is 354 cm³/mol. The quantitative estimate of drug-likeness (QED) is 0.0196. The Balaban J connectivity index is 1.26. The molecule has 5 N–H and O–H groups in total. The second-order valence-corrected chi connectivity index (χ2v) is 26.4. The lowest BCUT2D eigenvalue weighted by molar-refractivity contribution is -0.168. The molecule has 23 nitrogen and oxygen atoms in total. The fourth-order valence-corrected chi connectivity index (χ4v) is 11.0. The average molecular weight is 1310 g/mol. The molecule has 1 aliphatic carbocycles. The van der Waals surface area contributed by atoms with E-state index < -0.39 is 119 Å². The highest BCUT2D eigenvalue weighted by atomic mass is 19.1. The Labute approximate surface area is 557 Å². The van der Waals surface area contributed by atoms with Crippen LogP contribution in [0.3, 0.4) is 0 Å². The van der Waals surface area contributed by atoms with E-state index in [2.05, 4.69) is 41.5 Å². The normalized spacial score (nSPS) is 15.9. The van der Waals surface area contributed by atoms with E-state index in [4.69, 9.17) is 14.2 Å². The molecule has 514 valence electrons. The number of nitrogens with zero attached hydrogens (tertiary/aromatic N) is 6. The van der Waals surface area contributed by atoms with Crippen molar-refractivity contribution < 1.29 is 61.8 Å². The van der Waals surface area contributed by atoms with Crippen molar-refractivity contribution in [3.8, 4) is 0 Å². The number of likely N-dealkylation sites (N-methyl/N-ethyl adjacent to an activating group) is 2. The lowest BCUT2D eigenvalue weighted by Gasteiger charge is -2.36. The number of amides is 7. The molecule has 7 amide bonds. The minimum atomic E-state index is -1.52. The van der Waals surface area contributed by atoms with Crippen LogP contribution in [0.25, 0.3) is 0 Å². The molecule has 24 heteroatoms. The summed E-state index contributed by atoms with van der Waals surface area (Å²) in [7, 11) is 2.90. The van der Waals surface area contributed by atoms with Crippen molar-refractivity contribution in [1.82, 2.24) is 55.9 Å². The molecule has 0 aliphatic heterocycles. The fourth-order valence-electron chi connectivity index (χ4n) is 11.0. The number of pyridine rings is 2. The highest BCUT2D eigenvalue weighted by molar-refractivity contribution is 5.97. The second kappa shape index (κ2) is 36.5. The van der Waals surface area contributed by atoms with E-state index in [-0.39, 0.29) is 63.0 Å². The van der Waals surface area contributed by atoms with Gasteiger partial charge >= 0.3 is 18.0 Å². The number of carbonyl (C=O) groups is 9. The van der Waals surface area contributed by atoms with Gasteiger partial charge in [0.15, 0.2) is 6.10 Å². The monoisotopic (exact) mass is 1310 g/mol. The molecule has 3 heterocycles. The van der Waals surface area contributed by atoms with Crippen LogP contribution in [-0.2, 0) is 84.8 Å². The molecule has 1 aliphatic rings. The Morgan fingerprint density at radius 1 is 0.579 bits per heavy atom. The second-order valence-electron chi connectivity index (χ2n) is 26.4. The maximum atomic E-state index is 15.6. The number of esters is 2. The van der Waals surface area contributed by atoms with Crippen molar-refractivity contribution >= 4 is 53.5 Å². The summed E-state index contributed by atoms with van der Waals surface area (Å²) < 4.78 is 34.7. The summed E-state index contributed by atoms with van der Waals surface area (Å²) >= 11 is 0. The van der Waals surface area contributed by atoms with Gasteiger partial charge < -0.3 is 55.2 Å². The number of carbonyl (C=O) groups excluding carboxylic acids is 9. The van der Waals surface area contributed by atoms with Gasteiger partial charge in [-0.25, -0.2) is 19.0 Å². The summed E-state index contributed by atoms with van der Waals surface area (Å²) in [6.45, 7) is 14.9. The van der Waals surface area contributed by atoms with Crippen molar-refractivity contribution in [3.63, 3.8) is 0 Å². The van der Waals surface area contributed by atoms with Crippen molar-refractivity contribution in [2.24, 2.45) is 11.8 Å². The summed E-state index contributed by atoms with van der Waals surface area (Å²) in [4.78, 5) is 145. The van der Waals surface area contributed by atoms with E-state index in [1.54, 1.807) is 133 Å². The minimum absolute atomic E-state index is 0.0237. The highest BCUT2D eigenvalue weighted by Crippen LogP contribution is 2.35. The molecule has 1 fully saturated rings. The van der Waals surface area contributed by atoms with E-state index >= 15 is 18.8 Å². The molecule has 0 bridgehead atoms. The number of imidazole rings is 1. The number of unbranched alkanes of at least 4 members (excludes halogenated alkanes) is 2. The van der Waals surface area contributed by atoms with Crippen LogP contribution in [0, 0.1) is 17.7 Å². The first-order valence-corrected chi connectivity index (χ1v) is 32.9. The third-order valence-electron chi connectivity index (χ3n) is 16.3. The van der Waals surface area contributed by atoms with E-state index in [0.29, 0.717) is 68.2 Å². The molecule has 6 rings (SSSR count). The number of alkyl carbamates (subject to hydrolysis) is 1. The van der Waals surface area contributed by atoms with E-state index in [0.717, 1.165) is 0 Å². The van der Waals surface area contributed by atoms with Crippen molar-refractivity contribution in [3.05, 3.63) is 150 Å². The number of nitrogens with one attached hydrogen (secondary N) is 5. The van der Waals surface area contributed by atoms with Gasteiger partial charge in [-0.05, 0) is 126 Å². The van der Waals surface area contributed by atoms with Gasteiger partial charge in [-0.15, -0.1) is 0 Å². The van der Waals surface area contributed by atoms with Gasteiger partial charge in [0.05, 0.1) is 12.2 Å². The molecule has 3 aromatic heterocycles. The van der Waals surface area contributed by atoms with E-state index in [1.165, 1.54) is 48.3 Å². The first-order chi connectivity index (χ1) is 45.2. The van der Waals surface area contributed by atoms with Crippen LogP contribution in [0.1, 0.15) is 142 Å². The van der Waals surface area contributed by atoms with Gasteiger partial charge in [-0.3, -0.25) is 43.5 Å². The Kier molecular flexibility index (Phi) is 28.8. The molecule has 5 aromatic rings. The maximum Gasteiger partial charge on any atom is 0.407 e. The number of rotatable bonds is 35. The van der Waals surface area contributed by atoms with Crippen LogP contribution < -0.4 is 26.6 Å². The number of halogens is 1. The zero-order valence-corrected chi connectivity index (χ0v) is 56.5. The minimum Gasteiger partial charge on any atom is -0.458 e. The molecule has 0 spiro atoms. The largest absolute Gasteiger partial charge is 0.458 e. The highest BCUT2D eigenvalue weighted by Gasteiger charge is 2.42. The third-order valence-corrected chi connectivity index (χ3v) is 16.3. The Morgan fingerprint density at radius 3 is 1.72 bits per heavy atom. The van der Waals surface area contributed by atoms with Crippen LogP contribution in [0.15, 0.2) is 122 Å². The summed E-state index contributed by atoms with van der Waals surface area (Å²) in [5, 5.41) is 14.1.